The molecule has 1 aromatic rings. The lowest BCUT2D eigenvalue weighted by Crippen LogP contribution is -2.31. The van der Waals surface area contributed by atoms with Crippen molar-refractivity contribution in [1.82, 2.24) is 0 Å². The molecule has 0 spiro atoms. The van der Waals surface area contributed by atoms with E-state index in [1.165, 1.54) is 13.8 Å². The highest BCUT2D eigenvalue weighted by Gasteiger charge is 2.25. The summed E-state index contributed by atoms with van der Waals surface area (Å²) < 4.78 is 11.1. The molecular weight excluding hydrogens is 284 g/mol. The average molecular weight is 310 g/mol. The molecule has 0 bridgehead atoms. The van der Waals surface area contributed by atoms with E-state index in [0.29, 0.717) is 11.3 Å². The van der Waals surface area contributed by atoms with Crippen LogP contribution in [-0.4, -0.2) is 31.6 Å². The summed E-state index contributed by atoms with van der Waals surface area (Å²) in [5, 5.41) is 9.66. The molecule has 0 saturated heterocycles. The van der Waals surface area contributed by atoms with Gasteiger partial charge in [-0.25, -0.2) is 0 Å². The summed E-state index contributed by atoms with van der Waals surface area (Å²) in [6.45, 7) is 10.9. The van der Waals surface area contributed by atoms with E-state index >= 15 is 0 Å². The van der Waals surface area contributed by atoms with Crippen LogP contribution in [-0.2, 0) is 4.43 Å². The minimum atomic E-state index is -1.83. The van der Waals surface area contributed by atoms with E-state index in [-0.39, 0.29) is 20.0 Å². The fourth-order valence-corrected chi connectivity index (χ4v) is 1.84. The Morgan fingerprint density at radius 2 is 1.86 bits per heavy atom. The van der Waals surface area contributed by atoms with E-state index in [1.54, 1.807) is 24.3 Å². The maximum atomic E-state index is 11.8. The molecule has 0 fully saturated rings. The van der Waals surface area contributed by atoms with Gasteiger partial charge in [-0.05, 0) is 51.2 Å². The number of Topliss-reactive ketones (excluding diaryl/α,β-unsaturated/α-hetero) is 1. The van der Waals surface area contributed by atoms with Gasteiger partial charge in [-0.15, -0.1) is 6.58 Å². The Morgan fingerprint density at radius 1 is 1.33 bits per heavy atom. The Hall–Kier alpha value is -1.43. The Balaban J connectivity index is 0.00000400. The second kappa shape index (κ2) is 7.54. The molecule has 0 atom stereocenters. The summed E-state index contributed by atoms with van der Waals surface area (Å²) in [6, 6.07) is 6.63. The van der Waals surface area contributed by atoms with E-state index in [2.05, 4.69) is 6.58 Å². The van der Waals surface area contributed by atoms with Gasteiger partial charge in [0.25, 0.3) is 0 Å². The highest BCUT2D eigenvalue weighted by molar-refractivity contribution is 6.76. The van der Waals surface area contributed by atoms with Gasteiger partial charge in [0.15, 0.2) is 12.6 Å². The number of benzene rings is 1. The van der Waals surface area contributed by atoms with Crippen LogP contribution in [0.25, 0.3) is 0 Å². The van der Waals surface area contributed by atoms with Crippen molar-refractivity contribution in [3.8, 4) is 5.75 Å². The van der Waals surface area contributed by atoms with E-state index in [4.69, 9.17) is 9.16 Å². The Morgan fingerprint density at radius 3 is 2.29 bits per heavy atom. The minimum absolute atomic E-state index is 0. The van der Waals surface area contributed by atoms with Gasteiger partial charge in [-0.2, -0.15) is 0 Å². The molecule has 1 rings (SSSR count). The van der Waals surface area contributed by atoms with Crippen molar-refractivity contribution >= 4 is 14.1 Å². The first kappa shape index (κ1) is 19.6. The number of aliphatic hydroxyl groups is 1. The van der Waals surface area contributed by atoms with Gasteiger partial charge in [-0.1, -0.05) is 13.1 Å². The van der Waals surface area contributed by atoms with Crippen LogP contribution in [0.4, 0.5) is 0 Å². The van der Waals surface area contributed by atoms with Crippen molar-refractivity contribution in [1.29, 1.82) is 0 Å². The second-order valence-electron chi connectivity index (χ2n) is 5.63. The highest BCUT2D eigenvalue weighted by Crippen LogP contribution is 2.17. The van der Waals surface area contributed by atoms with Gasteiger partial charge in [0.1, 0.15) is 11.4 Å². The zero-order valence-corrected chi connectivity index (χ0v) is 13.5. The predicted octanol–water partition coefficient (Wildman–Crippen LogP) is 3.56. The van der Waals surface area contributed by atoms with Crippen LogP contribution in [0.2, 0.25) is 13.1 Å². The quantitative estimate of drug-likeness (QED) is 0.475. The molecule has 5 heteroatoms. The SMILES string of the molecule is C.C=C[Si](C)(C)OCOc1ccc(C(=O)C(C)(C)O)cc1. The standard InChI is InChI=1S/C15H22O4Si.CH4/c1-6-20(4,5)19-11-18-13-9-7-12(8-10-13)14(16)15(2,3)17;/h6-10,17H,1,11H2,2-5H3;1H4. The summed E-state index contributed by atoms with van der Waals surface area (Å²) in [5.74, 6) is 0.298. The van der Waals surface area contributed by atoms with Crippen molar-refractivity contribution in [2.75, 3.05) is 6.79 Å². The third kappa shape index (κ3) is 6.24. The van der Waals surface area contributed by atoms with E-state index in [1.807, 2.05) is 18.8 Å². The molecule has 0 aliphatic heterocycles. The number of ether oxygens (including phenoxy) is 1. The van der Waals surface area contributed by atoms with E-state index in [9.17, 15) is 9.90 Å². The Kier molecular flexibility index (Phi) is 7.03. The van der Waals surface area contributed by atoms with Crippen LogP contribution >= 0.6 is 0 Å². The first-order valence-electron chi connectivity index (χ1n) is 6.43. The topological polar surface area (TPSA) is 55.8 Å². The zero-order valence-electron chi connectivity index (χ0n) is 12.5. The summed E-state index contributed by atoms with van der Waals surface area (Å²) in [5.41, 5.74) is 0.915. The molecule has 0 aliphatic rings. The lowest BCUT2D eigenvalue weighted by atomic mass is 9.97. The normalized spacial score (nSPS) is 11.5. The number of carbonyl (C=O) groups is 1. The third-order valence-corrected chi connectivity index (χ3v) is 4.67. The summed E-state index contributed by atoms with van der Waals surface area (Å²) >= 11 is 0. The van der Waals surface area contributed by atoms with Crippen LogP contribution in [0, 0.1) is 0 Å². The summed E-state index contributed by atoms with van der Waals surface area (Å²) in [6.07, 6.45) is 0. The minimum Gasteiger partial charge on any atom is -0.469 e. The molecule has 21 heavy (non-hydrogen) atoms. The monoisotopic (exact) mass is 310 g/mol. The highest BCUT2D eigenvalue weighted by atomic mass is 28.4. The Labute approximate surface area is 128 Å². The molecule has 0 aliphatic carbocycles. The van der Waals surface area contributed by atoms with Crippen molar-refractivity contribution in [3.63, 3.8) is 0 Å². The summed E-state index contributed by atoms with van der Waals surface area (Å²) in [7, 11) is -1.83. The first-order chi connectivity index (χ1) is 9.15. The molecule has 0 heterocycles. The lowest BCUT2D eigenvalue weighted by molar-refractivity contribution is 0.0488. The largest absolute Gasteiger partial charge is 0.469 e. The molecule has 4 nitrogen and oxygen atoms in total. The third-order valence-electron chi connectivity index (χ3n) is 2.82. The molecule has 118 valence electrons. The number of carbonyl (C=O) groups excluding carboxylic acids is 1. The van der Waals surface area contributed by atoms with Crippen LogP contribution in [0.5, 0.6) is 5.75 Å². The van der Waals surface area contributed by atoms with Gasteiger partial charge in [0.2, 0.25) is 8.32 Å². The fourth-order valence-electron chi connectivity index (χ4n) is 1.36. The second-order valence-corrected chi connectivity index (χ2v) is 9.53. The van der Waals surface area contributed by atoms with Crippen LogP contribution in [0.15, 0.2) is 36.5 Å². The van der Waals surface area contributed by atoms with Crippen molar-refractivity contribution in [2.45, 2.75) is 40.0 Å². The molecule has 0 aromatic heterocycles. The van der Waals surface area contributed by atoms with Gasteiger partial charge in [0, 0.05) is 5.56 Å². The van der Waals surface area contributed by atoms with Crippen molar-refractivity contribution in [2.24, 2.45) is 0 Å². The maximum Gasteiger partial charge on any atom is 0.214 e. The average Bonchev–Trinajstić information content (AvgIpc) is 2.37. The number of hydrogen-bond acceptors (Lipinski definition) is 4. The van der Waals surface area contributed by atoms with Gasteiger partial charge in [0.05, 0.1) is 0 Å². The van der Waals surface area contributed by atoms with Gasteiger partial charge < -0.3 is 14.3 Å². The van der Waals surface area contributed by atoms with Gasteiger partial charge >= 0.3 is 0 Å². The molecule has 0 unspecified atom stereocenters. The van der Waals surface area contributed by atoms with Crippen LogP contribution < -0.4 is 4.74 Å². The zero-order chi connectivity index (χ0) is 15.4. The molecule has 0 amide bonds. The fraction of sp³-hybridized carbons (Fsp3) is 0.438. The van der Waals surface area contributed by atoms with Crippen LogP contribution in [0.3, 0.4) is 0 Å². The number of hydrogen-bond donors (Lipinski definition) is 1. The van der Waals surface area contributed by atoms with Crippen molar-refractivity contribution < 1.29 is 19.1 Å². The molecule has 0 saturated carbocycles. The molecule has 0 radical (unpaired) electrons. The molecule has 1 N–H and O–H groups in total. The van der Waals surface area contributed by atoms with Crippen LogP contribution in [0.1, 0.15) is 31.6 Å². The van der Waals surface area contributed by atoms with E-state index < -0.39 is 13.9 Å². The first-order valence-corrected chi connectivity index (χ1v) is 9.42. The lowest BCUT2D eigenvalue weighted by Gasteiger charge is -2.19. The van der Waals surface area contributed by atoms with E-state index in [0.717, 1.165) is 0 Å². The molecule has 1 aromatic carbocycles. The predicted molar refractivity (Wildman–Crippen MR) is 88.1 cm³/mol. The smallest absolute Gasteiger partial charge is 0.214 e. The Bertz CT molecular complexity index is 472. The summed E-state index contributed by atoms with van der Waals surface area (Å²) in [4.78, 5) is 11.8. The number of ketones is 1. The van der Waals surface area contributed by atoms with Crippen molar-refractivity contribution in [3.05, 3.63) is 42.1 Å². The maximum absolute atomic E-state index is 11.8. The molecular formula is C16H26O4Si. The van der Waals surface area contributed by atoms with Gasteiger partial charge in [-0.3, -0.25) is 4.79 Å². The number of rotatable bonds is 7.